The zero-order valence-corrected chi connectivity index (χ0v) is 15.2. The predicted octanol–water partition coefficient (Wildman–Crippen LogP) is 3.73. The Labute approximate surface area is 148 Å². The molecule has 1 aliphatic rings. The van der Waals surface area contributed by atoms with Crippen LogP contribution in [-0.2, 0) is 9.84 Å². The highest BCUT2D eigenvalue weighted by molar-refractivity contribution is 9.10. The summed E-state index contributed by atoms with van der Waals surface area (Å²) in [4.78, 5) is 10.5. The molecule has 8 heteroatoms. The van der Waals surface area contributed by atoms with Crippen LogP contribution in [-0.4, -0.2) is 25.6 Å². The SMILES string of the molecule is CS(=O)(=O)c1cccc(NC2CC2c2ccc(Br)cc2)c1[N+](=O)[O-]. The van der Waals surface area contributed by atoms with Crippen molar-refractivity contribution < 1.29 is 13.3 Å². The molecule has 1 saturated carbocycles. The summed E-state index contributed by atoms with van der Waals surface area (Å²) in [5.74, 6) is 0.264. The Morgan fingerprint density at radius 2 is 1.88 bits per heavy atom. The lowest BCUT2D eigenvalue weighted by Gasteiger charge is -2.09. The number of nitro benzene ring substituents is 1. The molecule has 2 atom stereocenters. The second-order valence-corrected chi connectivity index (χ2v) is 8.73. The van der Waals surface area contributed by atoms with Crippen LogP contribution < -0.4 is 5.32 Å². The van der Waals surface area contributed by atoms with E-state index in [2.05, 4.69) is 21.2 Å². The maximum absolute atomic E-state index is 11.8. The van der Waals surface area contributed by atoms with E-state index >= 15 is 0 Å². The topological polar surface area (TPSA) is 89.3 Å². The summed E-state index contributed by atoms with van der Waals surface area (Å²) >= 11 is 3.39. The number of nitrogens with zero attached hydrogens (tertiary/aromatic N) is 1. The highest BCUT2D eigenvalue weighted by Crippen LogP contribution is 2.45. The van der Waals surface area contributed by atoms with Gasteiger partial charge in [0.05, 0.1) is 4.92 Å². The van der Waals surface area contributed by atoms with Crippen molar-refractivity contribution in [2.45, 2.75) is 23.3 Å². The lowest BCUT2D eigenvalue weighted by Crippen LogP contribution is -2.10. The van der Waals surface area contributed by atoms with Crippen LogP contribution in [0.5, 0.6) is 0 Å². The number of hydrogen-bond acceptors (Lipinski definition) is 5. The van der Waals surface area contributed by atoms with E-state index in [9.17, 15) is 18.5 Å². The van der Waals surface area contributed by atoms with E-state index in [0.717, 1.165) is 22.7 Å². The van der Waals surface area contributed by atoms with Gasteiger partial charge in [0.2, 0.25) is 0 Å². The van der Waals surface area contributed by atoms with Gasteiger partial charge in [-0.05, 0) is 36.2 Å². The van der Waals surface area contributed by atoms with Crippen molar-refractivity contribution in [3.05, 3.63) is 62.6 Å². The Morgan fingerprint density at radius 1 is 1.21 bits per heavy atom. The van der Waals surface area contributed by atoms with E-state index in [4.69, 9.17) is 0 Å². The standard InChI is InChI=1S/C16H15BrN2O4S/c1-24(22,23)15-4-2-3-13(16(15)19(20)21)18-14-9-12(14)10-5-7-11(17)8-6-10/h2-8,12,14,18H,9H2,1H3. The summed E-state index contributed by atoms with van der Waals surface area (Å²) in [5.41, 5.74) is 1.01. The minimum atomic E-state index is -3.67. The second kappa shape index (κ2) is 6.18. The molecule has 1 N–H and O–H groups in total. The van der Waals surface area contributed by atoms with Gasteiger partial charge in [0.1, 0.15) is 10.6 Å². The minimum absolute atomic E-state index is 0.0553. The lowest BCUT2D eigenvalue weighted by atomic mass is 10.1. The van der Waals surface area contributed by atoms with Crippen LogP contribution in [0.3, 0.4) is 0 Å². The molecule has 0 aliphatic heterocycles. The van der Waals surface area contributed by atoms with Crippen LogP contribution in [0, 0.1) is 10.1 Å². The first-order valence-electron chi connectivity index (χ1n) is 7.27. The maximum Gasteiger partial charge on any atom is 0.310 e. The van der Waals surface area contributed by atoms with Crippen molar-refractivity contribution in [1.29, 1.82) is 0 Å². The molecule has 0 spiro atoms. The van der Waals surface area contributed by atoms with Crippen LogP contribution >= 0.6 is 15.9 Å². The molecule has 0 bridgehead atoms. The molecule has 2 aromatic rings. The van der Waals surface area contributed by atoms with Crippen LogP contribution in [0.1, 0.15) is 17.9 Å². The Bertz CT molecular complexity index is 897. The van der Waals surface area contributed by atoms with Gasteiger partial charge in [-0.2, -0.15) is 0 Å². The third kappa shape index (κ3) is 3.44. The average molecular weight is 411 g/mol. The molecule has 0 heterocycles. The Hall–Kier alpha value is -1.93. The van der Waals surface area contributed by atoms with Gasteiger partial charge in [0, 0.05) is 22.7 Å². The van der Waals surface area contributed by atoms with Gasteiger partial charge in [-0.1, -0.05) is 34.1 Å². The van der Waals surface area contributed by atoms with E-state index in [1.165, 1.54) is 12.1 Å². The predicted molar refractivity (Wildman–Crippen MR) is 95.1 cm³/mol. The first-order chi connectivity index (χ1) is 11.3. The number of benzene rings is 2. The van der Waals surface area contributed by atoms with Crippen molar-refractivity contribution in [2.75, 3.05) is 11.6 Å². The summed E-state index contributed by atoms with van der Waals surface area (Å²) in [6.45, 7) is 0. The third-order valence-electron chi connectivity index (χ3n) is 4.01. The molecule has 0 aromatic heterocycles. The maximum atomic E-state index is 11.8. The molecule has 1 aliphatic carbocycles. The number of nitrogens with one attached hydrogen (secondary N) is 1. The van der Waals surface area contributed by atoms with Gasteiger partial charge in [0.25, 0.3) is 0 Å². The van der Waals surface area contributed by atoms with Gasteiger partial charge >= 0.3 is 5.69 Å². The average Bonchev–Trinajstić information content (AvgIpc) is 3.26. The Morgan fingerprint density at radius 3 is 2.46 bits per heavy atom. The third-order valence-corrected chi connectivity index (χ3v) is 5.67. The Kier molecular flexibility index (Phi) is 4.35. The number of halogens is 1. The molecule has 1 fully saturated rings. The fourth-order valence-electron chi connectivity index (χ4n) is 2.76. The normalized spacial score (nSPS) is 19.8. The quantitative estimate of drug-likeness (QED) is 0.598. The number of nitro groups is 1. The van der Waals surface area contributed by atoms with Crippen LogP contribution in [0.15, 0.2) is 51.8 Å². The first-order valence-corrected chi connectivity index (χ1v) is 9.95. The van der Waals surface area contributed by atoms with E-state index in [1.54, 1.807) is 6.07 Å². The second-order valence-electron chi connectivity index (χ2n) is 5.83. The van der Waals surface area contributed by atoms with Crippen LogP contribution in [0.25, 0.3) is 0 Å². The van der Waals surface area contributed by atoms with Crippen molar-refractivity contribution in [1.82, 2.24) is 0 Å². The van der Waals surface area contributed by atoms with E-state index in [0.29, 0.717) is 0 Å². The molecule has 3 rings (SSSR count). The van der Waals surface area contributed by atoms with Gasteiger partial charge < -0.3 is 5.32 Å². The fourth-order valence-corrected chi connectivity index (χ4v) is 3.88. The Balaban J connectivity index is 1.87. The molecule has 0 saturated heterocycles. The smallest absolute Gasteiger partial charge is 0.310 e. The van der Waals surface area contributed by atoms with Crippen LogP contribution in [0.4, 0.5) is 11.4 Å². The van der Waals surface area contributed by atoms with Crippen molar-refractivity contribution in [2.24, 2.45) is 0 Å². The largest absolute Gasteiger partial charge is 0.376 e. The first kappa shape index (κ1) is 16.9. The van der Waals surface area contributed by atoms with Crippen molar-refractivity contribution in [3.8, 4) is 0 Å². The molecule has 24 heavy (non-hydrogen) atoms. The molecular weight excluding hydrogens is 396 g/mol. The highest BCUT2D eigenvalue weighted by Gasteiger charge is 2.40. The summed E-state index contributed by atoms with van der Waals surface area (Å²) in [5, 5.41) is 14.5. The zero-order chi connectivity index (χ0) is 17.5. The molecule has 0 radical (unpaired) electrons. The summed E-state index contributed by atoms with van der Waals surface area (Å²) < 4.78 is 24.6. The van der Waals surface area contributed by atoms with Gasteiger partial charge in [-0.25, -0.2) is 8.42 Å². The van der Waals surface area contributed by atoms with E-state index in [1.807, 2.05) is 24.3 Å². The summed E-state index contributed by atoms with van der Waals surface area (Å²) in [6, 6.07) is 12.3. The number of anilines is 1. The van der Waals surface area contributed by atoms with E-state index in [-0.39, 0.29) is 28.2 Å². The fraction of sp³-hybridized carbons (Fsp3) is 0.250. The molecule has 2 unspecified atom stereocenters. The number of rotatable bonds is 5. The highest BCUT2D eigenvalue weighted by atomic mass is 79.9. The number of para-hydroxylation sites is 1. The molecule has 0 amide bonds. The lowest BCUT2D eigenvalue weighted by molar-refractivity contribution is -0.386. The van der Waals surface area contributed by atoms with Crippen molar-refractivity contribution in [3.63, 3.8) is 0 Å². The minimum Gasteiger partial charge on any atom is -0.376 e. The van der Waals surface area contributed by atoms with Crippen LogP contribution in [0.2, 0.25) is 0 Å². The molecular formula is C16H15BrN2O4S. The monoisotopic (exact) mass is 410 g/mol. The van der Waals surface area contributed by atoms with Gasteiger partial charge in [0.15, 0.2) is 9.84 Å². The molecule has 6 nitrogen and oxygen atoms in total. The van der Waals surface area contributed by atoms with Gasteiger partial charge in [-0.3, -0.25) is 10.1 Å². The molecule has 2 aromatic carbocycles. The summed E-state index contributed by atoms with van der Waals surface area (Å²) in [7, 11) is -3.67. The van der Waals surface area contributed by atoms with Crippen molar-refractivity contribution >= 4 is 37.1 Å². The number of hydrogen-bond donors (Lipinski definition) is 1. The zero-order valence-electron chi connectivity index (χ0n) is 12.8. The van der Waals surface area contributed by atoms with E-state index < -0.39 is 14.8 Å². The number of sulfone groups is 1. The summed E-state index contributed by atoms with van der Waals surface area (Å²) in [6.07, 6.45) is 1.82. The van der Waals surface area contributed by atoms with Gasteiger partial charge in [-0.15, -0.1) is 0 Å². The molecule has 126 valence electrons.